The Morgan fingerprint density at radius 1 is 1.19 bits per heavy atom. The van der Waals surface area contributed by atoms with Gasteiger partial charge in [-0.25, -0.2) is 4.79 Å². The standard InChI is InChI=1S/C16H24N2O3/c1-8-11(9(2)18-12(8)14(20)21)13(19)17-7-10-15(3,4)16(10,5)6/h10,18H,7H2,1-6H3,(H,17,19)(H,20,21). The van der Waals surface area contributed by atoms with Crippen LogP contribution in [-0.2, 0) is 0 Å². The number of rotatable bonds is 4. The number of hydrogen-bond donors (Lipinski definition) is 3. The van der Waals surface area contributed by atoms with Gasteiger partial charge in [0.25, 0.3) is 5.91 Å². The van der Waals surface area contributed by atoms with Gasteiger partial charge in [0.15, 0.2) is 0 Å². The summed E-state index contributed by atoms with van der Waals surface area (Å²) in [6.45, 7) is 12.8. The number of nitrogens with one attached hydrogen (secondary N) is 2. The summed E-state index contributed by atoms with van der Waals surface area (Å²) < 4.78 is 0. The van der Waals surface area contributed by atoms with E-state index in [0.29, 0.717) is 29.3 Å². The van der Waals surface area contributed by atoms with E-state index in [1.165, 1.54) is 0 Å². The van der Waals surface area contributed by atoms with Gasteiger partial charge in [0.05, 0.1) is 5.56 Å². The minimum Gasteiger partial charge on any atom is -0.477 e. The molecule has 0 spiro atoms. The van der Waals surface area contributed by atoms with Crippen LogP contribution < -0.4 is 5.32 Å². The van der Waals surface area contributed by atoms with E-state index in [4.69, 9.17) is 5.11 Å². The lowest BCUT2D eigenvalue weighted by Gasteiger charge is -2.07. The number of aromatic carboxylic acids is 1. The Labute approximate surface area is 125 Å². The van der Waals surface area contributed by atoms with Crippen molar-refractivity contribution in [2.45, 2.75) is 41.5 Å². The Morgan fingerprint density at radius 3 is 2.10 bits per heavy atom. The molecule has 3 N–H and O–H groups in total. The third kappa shape index (κ3) is 2.24. The molecule has 0 atom stereocenters. The zero-order chi connectivity index (χ0) is 16.2. The first-order valence-electron chi connectivity index (χ1n) is 7.22. The van der Waals surface area contributed by atoms with Crippen molar-refractivity contribution >= 4 is 11.9 Å². The summed E-state index contributed by atoms with van der Waals surface area (Å²) in [7, 11) is 0. The van der Waals surface area contributed by atoms with Crippen LogP contribution in [0.3, 0.4) is 0 Å². The Balaban J connectivity index is 2.11. The van der Waals surface area contributed by atoms with Crippen LogP contribution in [0.25, 0.3) is 0 Å². The molecule has 2 rings (SSSR count). The highest BCUT2D eigenvalue weighted by Gasteiger charge is 2.64. The SMILES string of the molecule is Cc1[nH]c(C(=O)O)c(C)c1C(=O)NCC1C(C)(C)C1(C)C. The quantitative estimate of drug-likeness (QED) is 0.798. The molecule has 0 saturated heterocycles. The van der Waals surface area contributed by atoms with Crippen LogP contribution in [0.2, 0.25) is 0 Å². The van der Waals surface area contributed by atoms with Crippen molar-refractivity contribution in [2.24, 2.45) is 16.7 Å². The molecule has 0 aromatic carbocycles. The van der Waals surface area contributed by atoms with Gasteiger partial charge in [0.2, 0.25) is 0 Å². The predicted octanol–water partition coefficient (Wildman–Crippen LogP) is 2.74. The fourth-order valence-electron chi connectivity index (χ4n) is 3.43. The molecule has 1 saturated carbocycles. The Bertz CT molecular complexity index is 597. The van der Waals surface area contributed by atoms with E-state index in [1.54, 1.807) is 13.8 Å². The van der Waals surface area contributed by atoms with Crippen molar-refractivity contribution in [1.82, 2.24) is 10.3 Å². The minimum atomic E-state index is -1.04. The molecule has 5 heteroatoms. The molecule has 1 heterocycles. The highest BCUT2D eigenvalue weighted by atomic mass is 16.4. The average Bonchev–Trinajstić information content (AvgIpc) is 2.61. The molecule has 1 aromatic rings. The second kappa shape index (κ2) is 4.61. The first-order chi connectivity index (χ1) is 9.51. The molecule has 0 radical (unpaired) electrons. The Morgan fingerprint density at radius 2 is 1.71 bits per heavy atom. The van der Waals surface area contributed by atoms with Gasteiger partial charge >= 0.3 is 5.97 Å². The summed E-state index contributed by atoms with van der Waals surface area (Å²) in [5, 5.41) is 12.0. The van der Waals surface area contributed by atoms with Crippen LogP contribution in [0.5, 0.6) is 0 Å². The number of carbonyl (C=O) groups excluding carboxylic acids is 1. The second-order valence-electron chi connectivity index (χ2n) is 7.14. The van der Waals surface area contributed by atoms with Crippen molar-refractivity contribution in [3.8, 4) is 0 Å². The molecular weight excluding hydrogens is 268 g/mol. The number of aromatic nitrogens is 1. The summed E-state index contributed by atoms with van der Waals surface area (Å²) >= 11 is 0. The Hall–Kier alpha value is -1.78. The van der Waals surface area contributed by atoms with Crippen LogP contribution in [0, 0.1) is 30.6 Å². The largest absolute Gasteiger partial charge is 0.477 e. The number of carboxylic acid groups (broad SMARTS) is 1. The van der Waals surface area contributed by atoms with E-state index in [1.807, 2.05) is 0 Å². The Kier molecular flexibility index (Phi) is 3.43. The van der Waals surface area contributed by atoms with E-state index in [0.717, 1.165) is 0 Å². The maximum Gasteiger partial charge on any atom is 0.352 e. The fraction of sp³-hybridized carbons (Fsp3) is 0.625. The van der Waals surface area contributed by atoms with Crippen LogP contribution >= 0.6 is 0 Å². The van der Waals surface area contributed by atoms with Crippen LogP contribution in [0.1, 0.15) is 59.8 Å². The summed E-state index contributed by atoms with van der Waals surface area (Å²) in [5.41, 5.74) is 2.06. The third-order valence-electron chi connectivity index (χ3n) is 5.66. The van der Waals surface area contributed by atoms with E-state index >= 15 is 0 Å². The molecule has 1 aliphatic rings. The lowest BCUT2D eigenvalue weighted by molar-refractivity contribution is 0.0690. The van der Waals surface area contributed by atoms with E-state index in [2.05, 4.69) is 38.0 Å². The minimum absolute atomic E-state index is 0.0877. The zero-order valence-corrected chi connectivity index (χ0v) is 13.5. The molecule has 5 nitrogen and oxygen atoms in total. The van der Waals surface area contributed by atoms with Crippen LogP contribution in [0.4, 0.5) is 0 Å². The van der Waals surface area contributed by atoms with Crippen LogP contribution in [-0.4, -0.2) is 28.5 Å². The van der Waals surface area contributed by atoms with Gasteiger partial charge in [0, 0.05) is 12.2 Å². The lowest BCUT2D eigenvalue weighted by atomic mass is 10.0. The molecule has 1 aromatic heterocycles. The van der Waals surface area contributed by atoms with Gasteiger partial charge in [-0.2, -0.15) is 0 Å². The number of aryl methyl sites for hydroxylation is 1. The topological polar surface area (TPSA) is 82.2 Å². The van der Waals surface area contributed by atoms with E-state index in [9.17, 15) is 9.59 Å². The smallest absolute Gasteiger partial charge is 0.352 e. The summed E-state index contributed by atoms with van der Waals surface area (Å²) in [6.07, 6.45) is 0. The summed E-state index contributed by atoms with van der Waals surface area (Å²) in [5.74, 6) is -0.807. The molecule has 21 heavy (non-hydrogen) atoms. The number of carboxylic acids is 1. The molecule has 0 aliphatic heterocycles. The summed E-state index contributed by atoms with van der Waals surface area (Å²) in [6, 6.07) is 0. The van der Waals surface area contributed by atoms with Gasteiger partial charge in [-0.1, -0.05) is 27.7 Å². The molecule has 0 bridgehead atoms. The number of amides is 1. The van der Waals surface area contributed by atoms with E-state index in [-0.39, 0.29) is 22.4 Å². The van der Waals surface area contributed by atoms with Gasteiger partial charge in [-0.15, -0.1) is 0 Å². The number of H-pyrrole nitrogens is 1. The van der Waals surface area contributed by atoms with Crippen molar-refractivity contribution in [3.63, 3.8) is 0 Å². The fourth-order valence-corrected chi connectivity index (χ4v) is 3.43. The van der Waals surface area contributed by atoms with Crippen molar-refractivity contribution < 1.29 is 14.7 Å². The zero-order valence-electron chi connectivity index (χ0n) is 13.5. The molecule has 1 amide bonds. The maximum absolute atomic E-state index is 12.4. The molecule has 116 valence electrons. The van der Waals surface area contributed by atoms with Gasteiger partial charge in [-0.3, -0.25) is 4.79 Å². The number of hydrogen-bond acceptors (Lipinski definition) is 2. The van der Waals surface area contributed by atoms with Gasteiger partial charge in [-0.05, 0) is 36.2 Å². The van der Waals surface area contributed by atoms with Crippen molar-refractivity contribution in [2.75, 3.05) is 6.54 Å². The second-order valence-corrected chi connectivity index (χ2v) is 7.14. The molecule has 1 aliphatic carbocycles. The van der Waals surface area contributed by atoms with Gasteiger partial charge in [0.1, 0.15) is 5.69 Å². The van der Waals surface area contributed by atoms with Crippen LogP contribution in [0.15, 0.2) is 0 Å². The highest BCUT2D eigenvalue weighted by molar-refractivity contribution is 6.00. The lowest BCUT2D eigenvalue weighted by Crippen LogP contribution is -2.28. The predicted molar refractivity (Wildman–Crippen MR) is 80.6 cm³/mol. The normalized spacial score (nSPS) is 19.3. The first kappa shape index (κ1) is 15.6. The first-order valence-corrected chi connectivity index (χ1v) is 7.22. The van der Waals surface area contributed by atoms with Crippen molar-refractivity contribution in [3.05, 3.63) is 22.5 Å². The van der Waals surface area contributed by atoms with Crippen molar-refractivity contribution in [1.29, 1.82) is 0 Å². The third-order valence-corrected chi connectivity index (χ3v) is 5.66. The number of carbonyl (C=O) groups is 2. The monoisotopic (exact) mass is 292 g/mol. The molecular formula is C16H24N2O3. The van der Waals surface area contributed by atoms with Gasteiger partial charge < -0.3 is 15.4 Å². The highest BCUT2D eigenvalue weighted by Crippen LogP contribution is 2.67. The molecule has 0 unspecified atom stereocenters. The maximum atomic E-state index is 12.4. The average molecular weight is 292 g/mol. The van der Waals surface area contributed by atoms with E-state index < -0.39 is 5.97 Å². The number of aromatic amines is 1. The molecule has 1 fully saturated rings. The summed E-state index contributed by atoms with van der Waals surface area (Å²) in [4.78, 5) is 26.2.